The summed E-state index contributed by atoms with van der Waals surface area (Å²) in [6.07, 6.45) is 0. The molecule has 29 heavy (non-hydrogen) atoms. The van der Waals surface area contributed by atoms with Gasteiger partial charge in [-0.2, -0.15) is 0 Å². The summed E-state index contributed by atoms with van der Waals surface area (Å²) in [6, 6.07) is 22.7. The molecule has 0 saturated heterocycles. The highest BCUT2D eigenvalue weighted by Crippen LogP contribution is 2.31. The topological polar surface area (TPSA) is 75.7 Å². The Balaban J connectivity index is 1.54. The van der Waals surface area contributed by atoms with E-state index in [2.05, 4.69) is 5.32 Å². The second-order valence-electron chi connectivity index (χ2n) is 6.53. The van der Waals surface area contributed by atoms with E-state index in [0.29, 0.717) is 28.3 Å². The first-order valence-electron chi connectivity index (χ1n) is 9.14. The summed E-state index contributed by atoms with van der Waals surface area (Å²) in [5, 5.41) is 2.77. The molecule has 1 N–H and O–H groups in total. The largest absolute Gasteiger partial charge is 0.482 e. The fraction of sp³-hybridized carbons (Fsp3) is 0.0870. The molecule has 0 spiro atoms. The number of carbonyl (C=O) groups excluding carboxylic acids is 3. The first-order chi connectivity index (χ1) is 14.1. The van der Waals surface area contributed by atoms with E-state index >= 15 is 0 Å². The molecule has 1 heterocycles. The standard InChI is InChI=1S/C23H18N2O4/c26-21(14-25-19-12-6-7-13-20(19)29-15-22(25)27)24-18-11-5-4-10-17(18)23(28)16-8-2-1-3-9-16/h1-13H,14-15H2,(H,24,26). The summed E-state index contributed by atoms with van der Waals surface area (Å²) >= 11 is 0. The number of carbonyl (C=O) groups is 3. The van der Waals surface area contributed by atoms with Gasteiger partial charge in [-0.25, -0.2) is 0 Å². The Morgan fingerprint density at radius 3 is 2.41 bits per heavy atom. The van der Waals surface area contributed by atoms with Gasteiger partial charge in [0.2, 0.25) is 5.91 Å². The van der Waals surface area contributed by atoms with Gasteiger partial charge in [0.1, 0.15) is 12.3 Å². The van der Waals surface area contributed by atoms with Crippen LogP contribution >= 0.6 is 0 Å². The van der Waals surface area contributed by atoms with Crippen LogP contribution in [0.4, 0.5) is 11.4 Å². The zero-order valence-electron chi connectivity index (χ0n) is 15.5. The summed E-state index contributed by atoms with van der Waals surface area (Å²) in [6.45, 7) is -0.291. The van der Waals surface area contributed by atoms with Gasteiger partial charge in [-0.3, -0.25) is 19.3 Å². The van der Waals surface area contributed by atoms with Crippen LogP contribution in [0, 0.1) is 0 Å². The van der Waals surface area contributed by atoms with Gasteiger partial charge >= 0.3 is 0 Å². The molecule has 0 fully saturated rings. The Bertz CT molecular complexity index is 1080. The van der Waals surface area contributed by atoms with Crippen LogP contribution in [0.5, 0.6) is 5.75 Å². The molecule has 6 heteroatoms. The predicted molar refractivity (Wildman–Crippen MR) is 109 cm³/mol. The van der Waals surface area contributed by atoms with Crippen LogP contribution in [0.1, 0.15) is 15.9 Å². The van der Waals surface area contributed by atoms with Crippen LogP contribution in [-0.2, 0) is 9.59 Å². The molecule has 6 nitrogen and oxygen atoms in total. The number of nitrogens with one attached hydrogen (secondary N) is 1. The molecule has 0 radical (unpaired) electrons. The van der Waals surface area contributed by atoms with Crippen molar-refractivity contribution in [1.29, 1.82) is 0 Å². The van der Waals surface area contributed by atoms with E-state index in [1.807, 2.05) is 6.07 Å². The fourth-order valence-corrected chi connectivity index (χ4v) is 3.20. The van der Waals surface area contributed by atoms with Gasteiger partial charge < -0.3 is 10.1 Å². The highest BCUT2D eigenvalue weighted by atomic mass is 16.5. The van der Waals surface area contributed by atoms with Gasteiger partial charge in [0.15, 0.2) is 12.4 Å². The lowest BCUT2D eigenvalue weighted by molar-refractivity contribution is -0.123. The molecule has 0 aromatic heterocycles. The molecule has 0 atom stereocenters. The predicted octanol–water partition coefficient (Wildman–Crippen LogP) is 3.28. The number of rotatable bonds is 5. The van der Waals surface area contributed by atoms with Crippen molar-refractivity contribution >= 4 is 29.0 Å². The molecule has 1 aliphatic rings. The fourth-order valence-electron chi connectivity index (χ4n) is 3.20. The third kappa shape index (κ3) is 3.87. The number of ketones is 1. The van der Waals surface area contributed by atoms with Crippen molar-refractivity contribution in [1.82, 2.24) is 0 Å². The van der Waals surface area contributed by atoms with Crippen molar-refractivity contribution in [3.05, 3.63) is 90.0 Å². The summed E-state index contributed by atoms with van der Waals surface area (Å²) in [5.41, 5.74) is 1.88. The van der Waals surface area contributed by atoms with Crippen molar-refractivity contribution in [2.75, 3.05) is 23.4 Å². The van der Waals surface area contributed by atoms with Crippen LogP contribution in [0.2, 0.25) is 0 Å². The molecular weight excluding hydrogens is 368 g/mol. The molecule has 1 aliphatic heterocycles. The highest BCUT2D eigenvalue weighted by molar-refractivity contribution is 6.14. The number of ether oxygens (including phenoxy) is 1. The molecule has 144 valence electrons. The molecule has 3 aromatic carbocycles. The molecular formula is C23H18N2O4. The minimum absolute atomic E-state index is 0.118. The molecule has 0 bridgehead atoms. The summed E-state index contributed by atoms with van der Waals surface area (Å²) in [5.74, 6) is -0.329. The van der Waals surface area contributed by atoms with Crippen LogP contribution in [0.3, 0.4) is 0 Å². The summed E-state index contributed by atoms with van der Waals surface area (Å²) in [7, 11) is 0. The van der Waals surface area contributed by atoms with Gasteiger partial charge in [0.25, 0.3) is 5.91 Å². The first-order valence-corrected chi connectivity index (χ1v) is 9.14. The lowest BCUT2D eigenvalue weighted by Crippen LogP contribution is -2.43. The van der Waals surface area contributed by atoms with Crippen molar-refractivity contribution < 1.29 is 19.1 Å². The summed E-state index contributed by atoms with van der Waals surface area (Å²) < 4.78 is 5.40. The number of anilines is 2. The second kappa shape index (κ2) is 7.98. The third-order valence-corrected chi connectivity index (χ3v) is 4.59. The van der Waals surface area contributed by atoms with E-state index < -0.39 is 5.91 Å². The number of amides is 2. The van der Waals surface area contributed by atoms with Gasteiger partial charge in [0, 0.05) is 11.1 Å². The van der Waals surface area contributed by atoms with Gasteiger partial charge in [-0.1, -0.05) is 54.6 Å². The third-order valence-electron chi connectivity index (χ3n) is 4.59. The van der Waals surface area contributed by atoms with Crippen molar-refractivity contribution in [2.45, 2.75) is 0 Å². The molecule has 0 aliphatic carbocycles. The number of para-hydroxylation sites is 3. The molecule has 0 saturated carbocycles. The number of benzene rings is 3. The number of fused-ring (bicyclic) bond motifs is 1. The highest BCUT2D eigenvalue weighted by Gasteiger charge is 2.27. The Labute approximate surface area is 167 Å². The van der Waals surface area contributed by atoms with E-state index in [1.165, 1.54) is 4.90 Å². The number of nitrogens with zero attached hydrogens (tertiary/aromatic N) is 1. The second-order valence-corrected chi connectivity index (χ2v) is 6.53. The zero-order valence-corrected chi connectivity index (χ0v) is 15.5. The van der Waals surface area contributed by atoms with Gasteiger partial charge in [0.05, 0.1) is 11.4 Å². The lowest BCUT2D eigenvalue weighted by atomic mass is 10.0. The number of hydrogen-bond acceptors (Lipinski definition) is 4. The maximum Gasteiger partial charge on any atom is 0.265 e. The van der Waals surface area contributed by atoms with Gasteiger partial charge in [-0.15, -0.1) is 0 Å². The minimum Gasteiger partial charge on any atom is -0.482 e. The lowest BCUT2D eigenvalue weighted by Gasteiger charge is -2.28. The van der Waals surface area contributed by atoms with Crippen LogP contribution in [0.25, 0.3) is 0 Å². The van der Waals surface area contributed by atoms with Gasteiger partial charge in [-0.05, 0) is 24.3 Å². The van der Waals surface area contributed by atoms with E-state index in [-0.39, 0.29) is 24.8 Å². The van der Waals surface area contributed by atoms with E-state index in [0.717, 1.165) is 0 Å². The average Bonchev–Trinajstić information content (AvgIpc) is 2.76. The summed E-state index contributed by atoms with van der Waals surface area (Å²) in [4.78, 5) is 39.2. The molecule has 4 rings (SSSR count). The molecule has 3 aromatic rings. The first kappa shape index (κ1) is 18.4. The maximum absolute atomic E-state index is 12.8. The Hall–Kier alpha value is -3.93. The van der Waals surface area contributed by atoms with E-state index in [4.69, 9.17) is 4.74 Å². The molecule has 0 unspecified atom stereocenters. The quantitative estimate of drug-likeness (QED) is 0.683. The van der Waals surface area contributed by atoms with Crippen molar-refractivity contribution in [2.24, 2.45) is 0 Å². The smallest absolute Gasteiger partial charge is 0.265 e. The van der Waals surface area contributed by atoms with Crippen LogP contribution < -0.4 is 15.0 Å². The Kier molecular flexibility index (Phi) is 5.07. The normalized spacial score (nSPS) is 12.7. The average molecular weight is 386 g/mol. The van der Waals surface area contributed by atoms with Crippen molar-refractivity contribution in [3.8, 4) is 5.75 Å². The van der Waals surface area contributed by atoms with Crippen molar-refractivity contribution in [3.63, 3.8) is 0 Å². The minimum atomic E-state index is -0.400. The number of hydrogen-bond donors (Lipinski definition) is 1. The maximum atomic E-state index is 12.8. The van der Waals surface area contributed by atoms with Crippen LogP contribution in [-0.4, -0.2) is 30.7 Å². The Morgan fingerprint density at radius 2 is 1.59 bits per heavy atom. The monoisotopic (exact) mass is 386 g/mol. The van der Waals surface area contributed by atoms with Crippen LogP contribution in [0.15, 0.2) is 78.9 Å². The van der Waals surface area contributed by atoms with E-state index in [9.17, 15) is 14.4 Å². The zero-order chi connectivity index (χ0) is 20.2. The molecule has 2 amide bonds. The van der Waals surface area contributed by atoms with E-state index in [1.54, 1.807) is 72.8 Å². The Morgan fingerprint density at radius 1 is 0.897 bits per heavy atom. The SMILES string of the molecule is O=C(CN1C(=O)COc2ccccc21)Nc1ccccc1C(=O)c1ccccc1.